The molecule has 2 heterocycles. The van der Waals surface area contributed by atoms with Crippen LogP contribution in [-0.4, -0.2) is 29.3 Å². The first kappa shape index (κ1) is 14.6. The van der Waals surface area contributed by atoms with Gasteiger partial charge in [-0.15, -0.1) is 0 Å². The predicted octanol–water partition coefficient (Wildman–Crippen LogP) is 3.53. The van der Waals surface area contributed by atoms with Crippen LogP contribution in [0.3, 0.4) is 0 Å². The highest BCUT2D eigenvalue weighted by Crippen LogP contribution is 2.42. The molecule has 0 amide bonds. The average molecular weight is 306 g/mol. The molecule has 1 aliphatic carbocycles. The average Bonchev–Trinajstić information content (AvgIpc) is 2.83. The van der Waals surface area contributed by atoms with Gasteiger partial charge >= 0.3 is 0 Å². The Kier molecular flexibility index (Phi) is 3.59. The first-order chi connectivity index (χ1) is 9.93. The van der Waals surface area contributed by atoms with Crippen LogP contribution < -0.4 is 4.90 Å². The van der Waals surface area contributed by atoms with E-state index in [1.54, 1.807) is 12.3 Å². The van der Waals surface area contributed by atoms with Gasteiger partial charge in [0.05, 0.1) is 21.8 Å². The molecular weight excluding hydrogens is 286 g/mol. The highest BCUT2D eigenvalue weighted by atomic mass is 35.5. The van der Waals surface area contributed by atoms with Crippen LogP contribution in [0.1, 0.15) is 45.1 Å². The largest absolute Gasteiger partial charge is 0.365 e. The summed E-state index contributed by atoms with van der Waals surface area (Å²) < 4.78 is 6.39. The lowest BCUT2D eigenvalue weighted by molar-refractivity contribution is -0.148. The topological polar surface area (TPSA) is 49.2 Å². The SMILES string of the molecule is CC1(C)CN(c2ncc(C#N)cc2Cl)CC2(CCCC2)O1. The van der Waals surface area contributed by atoms with Gasteiger partial charge in [-0.2, -0.15) is 5.26 Å². The minimum atomic E-state index is -0.221. The zero-order chi connectivity index (χ0) is 15.1. The van der Waals surface area contributed by atoms with Crippen molar-refractivity contribution >= 4 is 17.4 Å². The second-order valence-electron chi connectivity index (χ2n) is 6.75. The van der Waals surface area contributed by atoms with Gasteiger partial charge in [0, 0.05) is 19.3 Å². The summed E-state index contributed by atoms with van der Waals surface area (Å²) in [5, 5.41) is 9.47. The van der Waals surface area contributed by atoms with E-state index in [2.05, 4.69) is 29.8 Å². The van der Waals surface area contributed by atoms with Crippen molar-refractivity contribution in [2.24, 2.45) is 0 Å². The molecule has 0 radical (unpaired) electrons. The Balaban J connectivity index is 1.92. The molecule has 0 atom stereocenters. The van der Waals surface area contributed by atoms with Crippen LogP contribution in [0.4, 0.5) is 5.82 Å². The zero-order valence-corrected chi connectivity index (χ0v) is 13.3. The fraction of sp³-hybridized carbons (Fsp3) is 0.625. The quantitative estimate of drug-likeness (QED) is 0.796. The standard InChI is InChI=1S/C16H20ClN3O/c1-15(2)10-20(11-16(21-15)5-3-4-6-16)14-13(17)7-12(8-18)9-19-14/h7,9H,3-6,10-11H2,1-2H3. The summed E-state index contributed by atoms with van der Waals surface area (Å²) in [4.78, 5) is 6.63. The van der Waals surface area contributed by atoms with Crippen molar-refractivity contribution < 1.29 is 4.74 Å². The smallest absolute Gasteiger partial charge is 0.147 e. The van der Waals surface area contributed by atoms with Gasteiger partial charge in [0.25, 0.3) is 0 Å². The predicted molar refractivity (Wildman–Crippen MR) is 82.5 cm³/mol. The first-order valence-corrected chi connectivity index (χ1v) is 7.82. The minimum absolute atomic E-state index is 0.0688. The Morgan fingerprint density at radius 1 is 1.33 bits per heavy atom. The van der Waals surface area contributed by atoms with Crippen molar-refractivity contribution in [2.45, 2.75) is 50.7 Å². The van der Waals surface area contributed by atoms with E-state index in [-0.39, 0.29) is 11.2 Å². The highest BCUT2D eigenvalue weighted by Gasteiger charge is 2.46. The molecule has 2 fully saturated rings. The Bertz CT molecular complexity index is 588. The number of halogens is 1. The first-order valence-electron chi connectivity index (χ1n) is 7.44. The normalized spacial score (nSPS) is 23.2. The van der Waals surface area contributed by atoms with Crippen LogP contribution in [0.15, 0.2) is 12.3 Å². The van der Waals surface area contributed by atoms with E-state index in [4.69, 9.17) is 21.6 Å². The van der Waals surface area contributed by atoms with Crippen LogP contribution in [0, 0.1) is 11.3 Å². The molecule has 0 N–H and O–H groups in total. The van der Waals surface area contributed by atoms with Gasteiger partial charge in [-0.25, -0.2) is 4.98 Å². The van der Waals surface area contributed by atoms with E-state index in [1.807, 2.05) is 0 Å². The second-order valence-corrected chi connectivity index (χ2v) is 7.16. The van der Waals surface area contributed by atoms with Crippen molar-refractivity contribution in [3.8, 4) is 6.07 Å². The maximum Gasteiger partial charge on any atom is 0.147 e. The van der Waals surface area contributed by atoms with Gasteiger partial charge in [-0.3, -0.25) is 0 Å². The third-order valence-electron chi connectivity index (χ3n) is 4.31. The molecule has 3 rings (SSSR count). The van der Waals surface area contributed by atoms with Crippen LogP contribution in [0.5, 0.6) is 0 Å². The lowest BCUT2D eigenvalue weighted by atomic mass is 9.94. The highest BCUT2D eigenvalue weighted by molar-refractivity contribution is 6.33. The van der Waals surface area contributed by atoms with Crippen molar-refractivity contribution in [3.63, 3.8) is 0 Å². The molecule has 2 aliphatic rings. The number of morpholine rings is 1. The molecule has 4 nitrogen and oxygen atoms in total. The molecule has 0 unspecified atom stereocenters. The van der Waals surface area contributed by atoms with E-state index in [0.717, 1.165) is 31.7 Å². The van der Waals surface area contributed by atoms with E-state index >= 15 is 0 Å². The molecule has 21 heavy (non-hydrogen) atoms. The van der Waals surface area contributed by atoms with Crippen LogP contribution >= 0.6 is 11.6 Å². The van der Waals surface area contributed by atoms with Gasteiger partial charge in [-0.05, 0) is 32.8 Å². The van der Waals surface area contributed by atoms with E-state index in [9.17, 15) is 0 Å². The van der Waals surface area contributed by atoms with Crippen molar-refractivity contribution in [1.29, 1.82) is 5.26 Å². The summed E-state index contributed by atoms with van der Waals surface area (Å²) >= 11 is 6.33. The molecule has 1 saturated carbocycles. The third kappa shape index (κ3) is 2.86. The number of nitriles is 1. The summed E-state index contributed by atoms with van der Waals surface area (Å²) in [6, 6.07) is 3.76. The Labute approximate surface area is 130 Å². The third-order valence-corrected chi connectivity index (χ3v) is 4.59. The molecule has 1 saturated heterocycles. The van der Waals surface area contributed by atoms with Crippen molar-refractivity contribution in [1.82, 2.24) is 4.98 Å². The van der Waals surface area contributed by atoms with Gasteiger partial charge in [-0.1, -0.05) is 24.4 Å². The molecule has 1 aromatic heterocycles. The molecule has 0 bridgehead atoms. The second kappa shape index (κ2) is 5.15. The van der Waals surface area contributed by atoms with E-state index < -0.39 is 0 Å². The fourth-order valence-corrected chi connectivity index (χ4v) is 3.95. The maximum absolute atomic E-state index is 8.93. The number of rotatable bonds is 1. The van der Waals surface area contributed by atoms with Crippen molar-refractivity contribution in [2.75, 3.05) is 18.0 Å². The molecule has 0 aromatic carbocycles. The van der Waals surface area contributed by atoms with Gasteiger partial charge in [0.1, 0.15) is 11.9 Å². The lowest BCUT2D eigenvalue weighted by Crippen LogP contribution is -2.59. The number of anilines is 1. The number of hydrogen-bond donors (Lipinski definition) is 0. The molecular formula is C16H20ClN3O. The van der Waals surface area contributed by atoms with E-state index in [0.29, 0.717) is 10.6 Å². The Morgan fingerprint density at radius 2 is 2.05 bits per heavy atom. The summed E-state index contributed by atoms with van der Waals surface area (Å²) in [5.41, 5.74) is 0.203. The Hall–Kier alpha value is -1.31. The van der Waals surface area contributed by atoms with Gasteiger partial charge in [0.15, 0.2) is 0 Å². The van der Waals surface area contributed by atoms with Crippen LogP contribution in [0.25, 0.3) is 0 Å². The number of hydrogen-bond acceptors (Lipinski definition) is 4. The number of pyridine rings is 1. The summed E-state index contributed by atoms with van der Waals surface area (Å²) in [7, 11) is 0. The molecule has 1 aliphatic heterocycles. The summed E-state index contributed by atoms with van der Waals surface area (Å²) in [5.74, 6) is 0.762. The molecule has 5 heteroatoms. The molecule has 1 spiro atoms. The van der Waals surface area contributed by atoms with Gasteiger partial charge in [0.2, 0.25) is 0 Å². The van der Waals surface area contributed by atoms with Gasteiger partial charge < -0.3 is 9.64 Å². The fourth-order valence-electron chi connectivity index (χ4n) is 3.67. The number of aromatic nitrogens is 1. The Morgan fingerprint density at radius 3 is 2.67 bits per heavy atom. The lowest BCUT2D eigenvalue weighted by Gasteiger charge is -2.49. The van der Waals surface area contributed by atoms with Crippen LogP contribution in [0.2, 0.25) is 5.02 Å². The van der Waals surface area contributed by atoms with E-state index in [1.165, 1.54) is 12.8 Å². The van der Waals surface area contributed by atoms with Crippen molar-refractivity contribution in [3.05, 3.63) is 22.8 Å². The minimum Gasteiger partial charge on any atom is -0.365 e. The molecule has 1 aromatic rings. The summed E-state index contributed by atoms with van der Waals surface area (Å²) in [6.07, 6.45) is 6.23. The number of ether oxygens (including phenoxy) is 1. The van der Waals surface area contributed by atoms with Crippen LogP contribution in [-0.2, 0) is 4.74 Å². The number of nitrogens with zero attached hydrogens (tertiary/aromatic N) is 3. The molecule has 112 valence electrons. The zero-order valence-electron chi connectivity index (χ0n) is 12.5. The maximum atomic E-state index is 8.93. The summed E-state index contributed by atoms with van der Waals surface area (Å²) in [6.45, 7) is 5.83. The monoisotopic (exact) mass is 305 g/mol.